The summed E-state index contributed by atoms with van der Waals surface area (Å²) in [5, 5.41) is 13.7. The van der Waals surface area contributed by atoms with E-state index in [0.29, 0.717) is 6.42 Å². The third-order valence-electron chi connectivity index (χ3n) is 1.65. The van der Waals surface area contributed by atoms with E-state index in [4.69, 9.17) is 10.2 Å². The Morgan fingerprint density at radius 1 is 1.29 bits per heavy atom. The van der Waals surface area contributed by atoms with Crippen LogP contribution in [0.3, 0.4) is 0 Å². The maximum atomic E-state index is 10.5. The van der Waals surface area contributed by atoms with Crippen LogP contribution in [0, 0.1) is 0 Å². The lowest BCUT2D eigenvalue weighted by Gasteiger charge is -2.02. The van der Waals surface area contributed by atoms with Crippen LogP contribution in [0.25, 0.3) is 0 Å². The molecule has 78 valence electrons. The van der Waals surface area contributed by atoms with Crippen molar-refractivity contribution in [3.63, 3.8) is 0 Å². The van der Waals surface area contributed by atoms with Gasteiger partial charge in [0.2, 0.25) is 0 Å². The summed E-state index contributed by atoms with van der Waals surface area (Å²) in [4.78, 5) is 0. The summed E-state index contributed by atoms with van der Waals surface area (Å²) in [6, 6.07) is 6.54. The molecule has 14 heavy (non-hydrogen) atoms. The number of benzene rings is 1. The van der Waals surface area contributed by atoms with E-state index in [1.807, 2.05) is 0 Å². The largest absolute Gasteiger partial charge is 0.508 e. The average molecular weight is 216 g/mol. The lowest BCUT2D eigenvalue weighted by Crippen LogP contribution is -2.32. The van der Waals surface area contributed by atoms with Gasteiger partial charge in [-0.3, -0.25) is 0 Å². The van der Waals surface area contributed by atoms with Crippen molar-refractivity contribution >= 4 is 10.2 Å². The number of aromatic hydroxyl groups is 1. The molecule has 0 aliphatic rings. The number of phenolic OH excluding ortho intramolecular Hbond substituents is 1. The molecule has 0 atom stereocenters. The van der Waals surface area contributed by atoms with Gasteiger partial charge in [0, 0.05) is 6.54 Å². The van der Waals surface area contributed by atoms with Crippen LogP contribution < -0.4 is 9.86 Å². The molecule has 0 heterocycles. The van der Waals surface area contributed by atoms with E-state index in [9.17, 15) is 8.42 Å². The van der Waals surface area contributed by atoms with Gasteiger partial charge in [-0.05, 0) is 24.1 Å². The molecule has 0 unspecified atom stereocenters. The molecule has 4 N–H and O–H groups in total. The molecule has 0 radical (unpaired) electrons. The highest BCUT2D eigenvalue weighted by Gasteiger charge is 2.00. The Kier molecular flexibility index (Phi) is 3.45. The van der Waals surface area contributed by atoms with Crippen molar-refractivity contribution in [2.75, 3.05) is 6.54 Å². The van der Waals surface area contributed by atoms with E-state index in [-0.39, 0.29) is 12.3 Å². The molecular formula is C8H12N2O3S. The van der Waals surface area contributed by atoms with E-state index in [2.05, 4.69) is 4.72 Å². The predicted molar refractivity (Wildman–Crippen MR) is 52.9 cm³/mol. The van der Waals surface area contributed by atoms with Crippen molar-refractivity contribution in [1.82, 2.24) is 4.72 Å². The van der Waals surface area contributed by atoms with E-state index in [1.54, 1.807) is 24.3 Å². The summed E-state index contributed by atoms with van der Waals surface area (Å²) < 4.78 is 23.2. The number of rotatable bonds is 4. The summed E-state index contributed by atoms with van der Waals surface area (Å²) >= 11 is 0. The van der Waals surface area contributed by atoms with Crippen molar-refractivity contribution in [3.8, 4) is 5.75 Å². The normalized spacial score (nSPS) is 11.5. The number of nitrogens with one attached hydrogen (secondary N) is 1. The van der Waals surface area contributed by atoms with Gasteiger partial charge in [0.15, 0.2) is 0 Å². The Morgan fingerprint density at radius 2 is 1.86 bits per heavy atom. The monoisotopic (exact) mass is 216 g/mol. The number of hydrogen-bond acceptors (Lipinski definition) is 3. The predicted octanol–water partition coefficient (Wildman–Crippen LogP) is -0.272. The first-order valence-corrected chi connectivity index (χ1v) is 5.57. The van der Waals surface area contributed by atoms with Crippen LogP contribution in [0.4, 0.5) is 0 Å². The summed E-state index contributed by atoms with van der Waals surface area (Å²) in [5.41, 5.74) is 0.930. The van der Waals surface area contributed by atoms with Crippen LogP contribution in [0.1, 0.15) is 5.56 Å². The molecule has 1 rings (SSSR count). The molecule has 0 saturated heterocycles. The molecule has 5 nitrogen and oxygen atoms in total. The number of phenols is 1. The minimum atomic E-state index is -3.60. The Bertz CT molecular complexity index is 386. The third kappa shape index (κ3) is 4.22. The molecule has 1 aromatic carbocycles. The zero-order valence-corrected chi connectivity index (χ0v) is 8.29. The molecule has 0 aliphatic heterocycles. The SMILES string of the molecule is NS(=O)(=O)NCCc1ccc(O)cc1. The van der Waals surface area contributed by atoms with Gasteiger partial charge in [-0.25, -0.2) is 9.86 Å². The Hall–Kier alpha value is -1.11. The molecule has 0 aromatic heterocycles. The second-order valence-electron chi connectivity index (χ2n) is 2.86. The maximum Gasteiger partial charge on any atom is 0.274 e. The van der Waals surface area contributed by atoms with Gasteiger partial charge in [-0.15, -0.1) is 0 Å². The van der Waals surface area contributed by atoms with Gasteiger partial charge in [-0.1, -0.05) is 12.1 Å². The smallest absolute Gasteiger partial charge is 0.274 e. The second-order valence-corrected chi connectivity index (χ2v) is 4.23. The van der Waals surface area contributed by atoms with Gasteiger partial charge < -0.3 is 5.11 Å². The van der Waals surface area contributed by atoms with Gasteiger partial charge in [0.1, 0.15) is 5.75 Å². The standard InChI is InChI=1S/C8H12N2O3S/c9-14(12,13)10-6-5-7-1-3-8(11)4-2-7/h1-4,10-11H,5-6H2,(H2,9,12,13). The molecule has 0 fully saturated rings. The molecule has 0 spiro atoms. The minimum Gasteiger partial charge on any atom is -0.508 e. The molecule has 0 amide bonds. The summed E-state index contributed by atoms with van der Waals surface area (Å²) in [6.45, 7) is 0.254. The first-order chi connectivity index (χ1) is 6.47. The second kappa shape index (κ2) is 4.41. The minimum absolute atomic E-state index is 0.188. The average Bonchev–Trinajstić information content (AvgIpc) is 2.06. The molecule has 0 aliphatic carbocycles. The van der Waals surface area contributed by atoms with E-state index in [1.165, 1.54) is 0 Å². The zero-order chi connectivity index (χ0) is 10.6. The Labute approximate surface area is 82.7 Å². The van der Waals surface area contributed by atoms with E-state index in [0.717, 1.165) is 5.56 Å². The van der Waals surface area contributed by atoms with Crippen molar-refractivity contribution in [2.45, 2.75) is 6.42 Å². The van der Waals surface area contributed by atoms with E-state index >= 15 is 0 Å². The molecule has 6 heteroatoms. The fourth-order valence-corrected chi connectivity index (χ4v) is 1.39. The topological polar surface area (TPSA) is 92.4 Å². The highest BCUT2D eigenvalue weighted by Crippen LogP contribution is 2.09. The van der Waals surface area contributed by atoms with Crippen LogP contribution in [0.2, 0.25) is 0 Å². The van der Waals surface area contributed by atoms with Crippen LogP contribution in [-0.2, 0) is 16.6 Å². The van der Waals surface area contributed by atoms with Gasteiger partial charge in [0.05, 0.1) is 0 Å². The maximum absolute atomic E-state index is 10.5. The van der Waals surface area contributed by atoms with Crippen molar-refractivity contribution in [2.24, 2.45) is 5.14 Å². The molecule has 0 bridgehead atoms. The molecule has 1 aromatic rings. The van der Waals surface area contributed by atoms with Crippen LogP contribution >= 0.6 is 0 Å². The van der Waals surface area contributed by atoms with Crippen LogP contribution in [-0.4, -0.2) is 20.1 Å². The van der Waals surface area contributed by atoms with Crippen molar-refractivity contribution in [3.05, 3.63) is 29.8 Å². The number of hydrogen-bond donors (Lipinski definition) is 3. The molecule has 0 saturated carbocycles. The molecular weight excluding hydrogens is 204 g/mol. The Balaban J connectivity index is 2.43. The first-order valence-electron chi connectivity index (χ1n) is 4.03. The van der Waals surface area contributed by atoms with Crippen molar-refractivity contribution in [1.29, 1.82) is 0 Å². The van der Waals surface area contributed by atoms with E-state index < -0.39 is 10.2 Å². The Morgan fingerprint density at radius 3 is 2.36 bits per heavy atom. The fourth-order valence-electron chi connectivity index (χ4n) is 1.00. The van der Waals surface area contributed by atoms with Gasteiger partial charge in [0.25, 0.3) is 10.2 Å². The lowest BCUT2D eigenvalue weighted by atomic mass is 10.1. The zero-order valence-electron chi connectivity index (χ0n) is 7.47. The van der Waals surface area contributed by atoms with Crippen LogP contribution in [0.15, 0.2) is 24.3 Å². The highest BCUT2D eigenvalue weighted by atomic mass is 32.2. The summed E-state index contributed by atoms with van der Waals surface area (Å²) in [6.07, 6.45) is 0.538. The highest BCUT2D eigenvalue weighted by molar-refractivity contribution is 7.87. The fraction of sp³-hybridized carbons (Fsp3) is 0.250. The third-order valence-corrected chi connectivity index (χ3v) is 2.26. The lowest BCUT2D eigenvalue weighted by molar-refractivity contribution is 0.475. The summed E-state index contributed by atoms with van der Waals surface area (Å²) in [7, 11) is -3.60. The quantitative estimate of drug-likeness (QED) is 0.646. The van der Waals surface area contributed by atoms with Crippen LogP contribution in [0.5, 0.6) is 5.75 Å². The van der Waals surface area contributed by atoms with Gasteiger partial charge >= 0.3 is 0 Å². The first kappa shape index (κ1) is 11.0. The summed E-state index contributed by atoms with van der Waals surface area (Å²) in [5.74, 6) is 0.188. The van der Waals surface area contributed by atoms with Crippen molar-refractivity contribution < 1.29 is 13.5 Å². The van der Waals surface area contributed by atoms with Gasteiger partial charge in [-0.2, -0.15) is 8.42 Å². The number of nitrogens with two attached hydrogens (primary N) is 1.